The molecule has 5 nitrogen and oxygen atoms in total. The van der Waals surface area contributed by atoms with Gasteiger partial charge in [0.2, 0.25) is 0 Å². The summed E-state index contributed by atoms with van der Waals surface area (Å²) in [5.41, 5.74) is 6.28. The Morgan fingerprint density at radius 3 is 2.57 bits per heavy atom. The first kappa shape index (κ1) is 15.4. The van der Waals surface area contributed by atoms with E-state index in [0.717, 1.165) is 29.9 Å². The Hall–Kier alpha value is -2.53. The summed E-state index contributed by atoms with van der Waals surface area (Å²) < 4.78 is 5.86. The van der Waals surface area contributed by atoms with Crippen molar-refractivity contribution in [2.45, 2.75) is 31.2 Å². The number of urea groups is 1. The highest BCUT2D eigenvalue weighted by Crippen LogP contribution is 2.38. The molecule has 2 aromatic carbocycles. The fraction of sp³-hybridized carbons (Fsp3) is 0.278. The molecule has 2 aromatic rings. The van der Waals surface area contributed by atoms with Crippen molar-refractivity contribution in [3.05, 3.63) is 60.2 Å². The molecule has 1 aliphatic carbocycles. The number of nitrogens with zero attached hydrogens (tertiary/aromatic N) is 1. The van der Waals surface area contributed by atoms with Crippen LogP contribution in [0.25, 0.3) is 0 Å². The fourth-order valence-corrected chi connectivity index (χ4v) is 3.12. The van der Waals surface area contributed by atoms with E-state index in [4.69, 9.17) is 10.5 Å². The van der Waals surface area contributed by atoms with Crippen molar-refractivity contribution in [2.75, 3.05) is 0 Å². The van der Waals surface area contributed by atoms with Crippen LogP contribution < -0.4 is 10.5 Å². The molecule has 3 rings (SSSR count). The predicted octanol–water partition coefficient (Wildman–Crippen LogP) is 3.88. The Bertz CT molecular complexity index is 675. The Kier molecular flexibility index (Phi) is 4.48. The van der Waals surface area contributed by atoms with Gasteiger partial charge in [0.25, 0.3) is 0 Å². The number of carbonyl (C=O) groups is 1. The highest BCUT2D eigenvalue weighted by Gasteiger charge is 2.31. The minimum absolute atomic E-state index is 0.212. The lowest BCUT2D eigenvalue weighted by atomic mass is 9.97. The van der Waals surface area contributed by atoms with Crippen molar-refractivity contribution in [3.63, 3.8) is 0 Å². The third kappa shape index (κ3) is 3.63. The van der Waals surface area contributed by atoms with Gasteiger partial charge in [0.05, 0.1) is 6.04 Å². The number of amides is 2. The number of hydrogen-bond acceptors (Lipinski definition) is 3. The average Bonchev–Trinajstić information content (AvgIpc) is 3.05. The Labute approximate surface area is 135 Å². The first-order valence-electron chi connectivity index (χ1n) is 7.74. The van der Waals surface area contributed by atoms with Crippen molar-refractivity contribution >= 4 is 6.03 Å². The van der Waals surface area contributed by atoms with Crippen LogP contribution in [0.3, 0.4) is 0 Å². The smallest absolute Gasteiger partial charge is 0.338 e. The summed E-state index contributed by atoms with van der Waals surface area (Å²) in [6.45, 7) is 0. The van der Waals surface area contributed by atoms with Crippen LogP contribution in [-0.2, 0) is 0 Å². The quantitative estimate of drug-likeness (QED) is 0.664. The molecule has 1 aliphatic rings. The zero-order valence-electron chi connectivity index (χ0n) is 12.8. The van der Waals surface area contributed by atoms with Gasteiger partial charge in [-0.25, -0.2) is 9.86 Å². The van der Waals surface area contributed by atoms with Crippen LogP contribution in [0.5, 0.6) is 11.5 Å². The van der Waals surface area contributed by atoms with Crippen molar-refractivity contribution in [2.24, 2.45) is 5.73 Å². The minimum atomic E-state index is -0.795. The van der Waals surface area contributed by atoms with Crippen LogP contribution >= 0.6 is 0 Å². The second-order valence-electron chi connectivity index (χ2n) is 5.83. The van der Waals surface area contributed by atoms with Gasteiger partial charge in [-0.2, -0.15) is 0 Å². The van der Waals surface area contributed by atoms with Gasteiger partial charge in [0, 0.05) is 0 Å². The molecule has 0 saturated heterocycles. The predicted molar refractivity (Wildman–Crippen MR) is 86.5 cm³/mol. The van der Waals surface area contributed by atoms with Crippen molar-refractivity contribution in [1.29, 1.82) is 0 Å². The van der Waals surface area contributed by atoms with Gasteiger partial charge < -0.3 is 10.5 Å². The van der Waals surface area contributed by atoms with Gasteiger partial charge in [-0.15, -0.1) is 0 Å². The van der Waals surface area contributed by atoms with Crippen molar-refractivity contribution in [3.8, 4) is 11.5 Å². The van der Waals surface area contributed by atoms with Crippen LogP contribution in [0.4, 0.5) is 4.79 Å². The SMILES string of the molecule is NC(=O)N(O)[C@H]1CC[C@H](c2cccc(Oc3ccccc3)c2)C1. The standard InChI is InChI=1S/C18H20N2O3/c19-18(21)20(22)15-10-9-14(11-15)13-5-4-8-17(12-13)23-16-6-2-1-3-7-16/h1-8,12,14-15,22H,9-11H2,(H2,19,21)/t14-,15-/m0/s1. The molecule has 0 bridgehead atoms. The average molecular weight is 312 g/mol. The number of rotatable bonds is 4. The molecule has 0 aliphatic heterocycles. The van der Waals surface area contributed by atoms with E-state index in [2.05, 4.69) is 6.07 Å². The third-order valence-corrected chi connectivity index (χ3v) is 4.29. The van der Waals surface area contributed by atoms with Crippen molar-refractivity contribution < 1.29 is 14.7 Å². The molecule has 2 atom stereocenters. The fourth-order valence-electron chi connectivity index (χ4n) is 3.12. The van der Waals surface area contributed by atoms with E-state index < -0.39 is 6.03 Å². The molecule has 23 heavy (non-hydrogen) atoms. The van der Waals surface area contributed by atoms with E-state index in [1.54, 1.807) is 0 Å². The Balaban J connectivity index is 1.70. The molecule has 0 unspecified atom stereocenters. The highest BCUT2D eigenvalue weighted by molar-refractivity contribution is 5.71. The summed E-state index contributed by atoms with van der Waals surface area (Å²) >= 11 is 0. The number of hydroxylamine groups is 2. The summed E-state index contributed by atoms with van der Waals surface area (Å²) in [4.78, 5) is 11.1. The zero-order valence-corrected chi connectivity index (χ0v) is 12.8. The number of primary amides is 1. The zero-order chi connectivity index (χ0) is 16.2. The van der Waals surface area contributed by atoms with E-state index in [0.29, 0.717) is 11.5 Å². The topological polar surface area (TPSA) is 75.8 Å². The second-order valence-corrected chi connectivity index (χ2v) is 5.83. The molecule has 1 fully saturated rings. The van der Waals surface area contributed by atoms with Crippen LogP contribution in [0.1, 0.15) is 30.7 Å². The van der Waals surface area contributed by atoms with Gasteiger partial charge in [0.15, 0.2) is 0 Å². The van der Waals surface area contributed by atoms with Gasteiger partial charge >= 0.3 is 6.03 Å². The number of nitrogens with two attached hydrogens (primary N) is 1. The molecule has 120 valence electrons. The van der Waals surface area contributed by atoms with Gasteiger partial charge in [0.1, 0.15) is 11.5 Å². The van der Waals surface area contributed by atoms with Gasteiger partial charge in [-0.3, -0.25) is 5.21 Å². The maximum absolute atomic E-state index is 11.1. The Morgan fingerprint density at radius 2 is 1.83 bits per heavy atom. The molecule has 0 spiro atoms. The molecule has 3 N–H and O–H groups in total. The van der Waals surface area contributed by atoms with Gasteiger partial charge in [-0.05, 0) is 55.0 Å². The molecular weight excluding hydrogens is 292 g/mol. The van der Waals surface area contributed by atoms with Gasteiger partial charge in [-0.1, -0.05) is 30.3 Å². The molecule has 1 saturated carbocycles. The Morgan fingerprint density at radius 1 is 1.09 bits per heavy atom. The lowest BCUT2D eigenvalue weighted by molar-refractivity contribution is -0.0730. The van der Waals surface area contributed by atoms with Crippen LogP contribution in [0.2, 0.25) is 0 Å². The summed E-state index contributed by atoms with van der Waals surface area (Å²) in [7, 11) is 0. The summed E-state index contributed by atoms with van der Waals surface area (Å²) in [6, 6.07) is 16.6. The van der Waals surface area contributed by atoms with Crippen LogP contribution in [0, 0.1) is 0 Å². The number of benzene rings is 2. The first-order valence-corrected chi connectivity index (χ1v) is 7.74. The number of hydrogen-bond donors (Lipinski definition) is 2. The maximum Gasteiger partial charge on any atom is 0.338 e. The maximum atomic E-state index is 11.1. The monoisotopic (exact) mass is 312 g/mol. The minimum Gasteiger partial charge on any atom is -0.457 e. The van der Waals surface area contributed by atoms with E-state index in [9.17, 15) is 10.0 Å². The summed E-state index contributed by atoms with van der Waals surface area (Å²) in [5.74, 6) is 1.87. The summed E-state index contributed by atoms with van der Waals surface area (Å²) in [5, 5.41) is 10.3. The van der Waals surface area contributed by atoms with Crippen molar-refractivity contribution in [1.82, 2.24) is 5.06 Å². The normalized spacial score (nSPS) is 20.2. The van der Waals surface area contributed by atoms with E-state index in [-0.39, 0.29) is 12.0 Å². The molecule has 5 heteroatoms. The summed E-state index contributed by atoms with van der Waals surface area (Å²) in [6.07, 6.45) is 2.35. The first-order chi connectivity index (χ1) is 11.1. The van der Waals surface area contributed by atoms with E-state index >= 15 is 0 Å². The number of carbonyl (C=O) groups excluding carboxylic acids is 1. The lowest BCUT2D eigenvalue weighted by Crippen LogP contribution is -2.39. The largest absolute Gasteiger partial charge is 0.457 e. The molecule has 0 aromatic heterocycles. The number of para-hydroxylation sites is 1. The van der Waals surface area contributed by atoms with Crippen LogP contribution in [-0.4, -0.2) is 22.3 Å². The molecule has 0 radical (unpaired) electrons. The molecule has 0 heterocycles. The number of ether oxygens (including phenoxy) is 1. The third-order valence-electron chi connectivity index (χ3n) is 4.29. The van der Waals surface area contributed by atoms with E-state index in [1.165, 1.54) is 0 Å². The molecule has 2 amide bonds. The lowest BCUT2D eigenvalue weighted by Gasteiger charge is -2.20. The van der Waals surface area contributed by atoms with Crippen LogP contribution in [0.15, 0.2) is 54.6 Å². The second kappa shape index (κ2) is 6.71. The van der Waals surface area contributed by atoms with E-state index in [1.807, 2.05) is 48.5 Å². The molecular formula is C18H20N2O3. The highest BCUT2D eigenvalue weighted by atomic mass is 16.5.